The smallest absolute Gasteiger partial charge is 0.137 e. The summed E-state index contributed by atoms with van der Waals surface area (Å²) in [7, 11) is 0. The zero-order valence-electron chi connectivity index (χ0n) is 10.4. The lowest BCUT2D eigenvalue weighted by molar-refractivity contribution is 0.161. The van der Waals surface area contributed by atoms with E-state index in [1.807, 2.05) is 18.2 Å². The molecule has 0 bridgehead atoms. The van der Waals surface area contributed by atoms with Gasteiger partial charge in [0.25, 0.3) is 0 Å². The van der Waals surface area contributed by atoms with Crippen LogP contribution in [0.2, 0.25) is 0 Å². The Hall–Kier alpha value is -0.910. The minimum Gasteiger partial charge on any atom is -0.485 e. The largest absolute Gasteiger partial charge is 0.485 e. The summed E-state index contributed by atoms with van der Waals surface area (Å²) in [6.45, 7) is 0. The number of ether oxygens (including phenoxy) is 1. The van der Waals surface area contributed by atoms with E-state index in [2.05, 4.69) is 31.9 Å². The number of hydrogen-bond acceptors (Lipinski definition) is 2. The molecule has 0 radical (unpaired) electrons. The average Bonchev–Trinajstić information content (AvgIpc) is 2.42. The fourth-order valence-corrected chi connectivity index (χ4v) is 3.17. The third kappa shape index (κ3) is 2.62. The van der Waals surface area contributed by atoms with Gasteiger partial charge in [-0.25, -0.2) is 4.39 Å². The van der Waals surface area contributed by atoms with Crippen molar-refractivity contribution in [1.82, 2.24) is 0 Å². The first-order chi connectivity index (χ1) is 9.54. The first kappa shape index (κ1) is 14.0. The van der Waals surface area contributed by atoms with E-state index in [0.29, 0.717) is 10.9 Å². The van der Waals surface area contributed by atoms with Crippen LogP contribution >= 0.6 is 31.9 Å². The van der Waals surface area contributed by atoms with E-state index in [0.717, 1.165) is 21.3 Å². The molecule has 20 heavy (non-hydrogen) atoms. The molecule has 0 amide bonds. The van der Waals surface area contributed by atoms with E-state index in [4.69, 9.17) is 10.5 Å². The van der Waals surface area contributed by atoms with Gasteiger partial charge in [-0.2, -0.15) is 0 Å². The Morgan fingerprint density at radius 3 is 2.70 bits per heavy atom. The molecule has 0 aromatic heterocycles. The number of nitrogens with two attached hydrogens (primary N) is 1. The molecule has 2 atom stereocenters. The van der Waals surface area contributed by atoms with Crippen LogP contribution in [-0.2, 0) is 0 Å². The van der Waals surface area contributed by atoms with Gasteiger partial charge in [0, 0.05) is 22.5 Å². The number of rotatable bonds is 1. The van der Waals surface area contributed by atoms with Gasteiger partial charge in [-0.1, -0.05) is 22.0 Å². The van der Waals surface area contributed by atoms with Crippen molar-refractivity contribution in [2.75, 3.05) is 0 Å². The normalized spacial score (nSPS) is 21.2. The van der Waals surface area contributed by atoms with Crippen LogP contribution < -0.4 is 10.5 Å². The molecule has 5 heteroatoms. The van der Waals surface area contributed by atoms with E-state index in [1.165, 1.54) is 6.07 Å². The van der Waals surface area contributed by atoms with Crippen molar-refractivity contribution < 1.29 is 9.13 Å². The maximum absolute atomic E-state index is 13.3. The minimum absolute atomic E-state index is 0.0925. The molecule has 2 nitrogen and oxygen atoms in total. The van der Waals surface area contributed by atoms with Gasteiger partial charge in [0.1, 0.15) is 17.7 Å². The van der Waals surface area contributed by atoms with E-state index >= 15 is 0 Å². The Morgan fingerprint density at radius 1 is 1.15 bits per heavy atom. The molecule has 2 aromatic carbocycles. The molecule has 1 aliphatic heterocycles. The van der Waals surface area contributed by atoms with Crippen molar-refractivity contribution in [2.45, 2.75) is 18.6 Å². The van der Waals surface area contributed by atoms with Gasteiger partial charge >= 0.3 is 0 Å². The van der Waals surface area contributed by atoms with Crippen molar-refractivity contribution >= 4 is 31.9 Å². The molecule has 2 N–H and O–H groups in total. The monoisotopic (exact) mass is 399 g/mol. The number of halogens is 3. The van der Waals surface area contributed by atoms with Crippen molar-refractivity contribution in [2.24, 2.45) is 5.73 Å². The Labute approximate surface area is 133 Å². The second-order valence-corrected chi connectivity index (χ2v) is 6.57. The van der Waals surface area contributed by atoms with E-state index < -0.39 is 0 Å². The summed E-state index contributed by atoms with van der Waals surface area (Å²) in [5.41, 5.74) is 8.14. The molecule has 1 unspecified atom stereocenters. The Morgan fingerprint density at radius 2 is 1.95 bits per heavy atom. The summed E-state index contributed by atoms with van der Waals surface area (Å²) < 4.78 is 20.7. The van der Waals surface area contributed by atoms with Gasteiger partial charge in [0.15, 0.2) is 0 Å². The highest BCUT2D eigenvalue weighted by atomic mass is 79.9. The van der Waals surface area contributed by atoms with Crippen molar-refractivity contribution in [3.8, 4) is 5.75 Å². The van der Waals surface area contributed by atoms with Gasteiger partial charge < -0.3 is 10.5 Å². The van der Waals surface area contributed by atoms with Gasteiger partial charge in [-0.05, 0) is 51.8 Å². The Bertz CT molecular complexity index is 662. The molecular formula is C15H12Br2FNO. The summed E-state index contributed by atoms with van der Waals surface area (Å²) in [4.78, 5) is 0. The van der Waals surface area contributed by atoms with Crippen LogP contribution in [0.15, 0.2) is 45.3 Å². The molecule has 0 aliphatic carbocycles. The average molecular weight is 401 g/mol. The molecule has 1 aliphatic rings. The Balaban J connectivity index is 1.94. The molecular weight excluding hydrogens is 389 g/mol. The number of fused-ring (bicyclic) bond motifs is 1. The van der Waals surface area contributed by atoms with Crippen molar-refractivity contribution in [3.05, 3.63) is 62.3 Å². The standard InChI is InChI=1S/C15H12Br2FNO/c16-9-2-4-14-10(6-9)13(19)7-15(20-14)8-1-3-12(18)11(17)5-8/h1-6,13,15H,7,19H2/t13-,15?/m1/s1. The van der Waals surface area contributed by atoms with Crippen LogP contribution in [0.25, 0.3) is 0 Å². The molecule has 0 saturated heterocycles. The molecule has 0 saturated carbocycles. The lowest BCUT2D eigenvalue weighted by Crippen LogP contribution is -2.24. The van der Waals surface area contributed by atoms with Crippen LogP contribution in [0.3, 0.4) is 0 Å². The quantitative estimate of drug-likeness (QED) is 0.740. The summed E-state index contributed by atoms with van der Waals surface area (Å²) in [5, 5.41) is 0. The molecule has 3 rings (SSSR count). The summed E-state index contributed by atoms with van der Waals surface area (Å²) in [5.74, 6) is 0.510. The fraction of sp³-hybridized carbons (Fsp3) is 0.200. The predicted molar refractivity (Wildman–Crippen MR) is 83.2 cm³/mol. The fourth-order valence-electron chi connectivity index (χ4n) is 2.39. The highest BCUT2D eigenvalue weighted by molar-refractivity contribution is 9.10. The summed E-state index contributed by atoms with van der Waals surface area (Å²) >= 11 is 6.64. The zero-order chi connectivity index (χ0) is 14.3. The lowest BCUT2D eigenvalue weighted by atomic mass is 9.94. The van der Waals surface area contributed by atoms with Gasteiger partial charge in [-0.15, -0.1) is 0 Å². The molecule has 104 valence electrons. The molecule has 0 fully saturated rings. The van der Waals surface area contributed by atoms with E-state index in [1.54, 1.807) is 12.1 Å². The zero-order valence-corrected chi connectivity index (χ0v) is 13.6. The summed E-state index contributed by atoms with van der Waals surface area (Å²) in [6.07, 6.45) is 0.511. The van der Waals surface area contributed by atoms with Crippen molar-refractivity contribution in [3.63, 3.8) is 0 Å². The maximum atomic E-state index is 13.3. The van der Waals surface area contributed by atoms with E-state index in [-0.39, 0.29) is 18.0 Å². The topological polar surface area (TPSA) is 35.2 Å². The van der Waals surface area contributed by atoms with Gasteiger partial charge in [0.2, 0.25) is 0 Å². The third-order valence-electron chi connectivity index (χ3n) is 3.42. The second-order valence-electron chi connectivity index (χ2n) is 4.80. The SMILES string of the molecule is N[C@@H]1CC(c2ccc(F)c(Br)c2)Oc2ccc(Br)cc21. The molecule has 2 aromatic rings. The lowest BCUT2D eigenvalue weighted by Gasteiger charge is -2.30. The van der Waals surface area contributed by atoms with Crippen molar-refractivity contribution in [1.29, 1.82) is 0 Å². The number of benzene rings is 2. The van der Waals surface area contributed by atoms with Crippen LogP contribution in [0, 0.1) is 5.82 Å². The Kier molecular flexibility index (Phi) is 3.84. The minimum atomic E-state index is -0.279. The van der Waals surface area contributed by atoms with Crippen LogP contribution in [0.4, 0.5) is 4.39 Å². The predicted octanol–water partition coefficient (Wildman–Crippen LogP) is 4.87. The third-order valence-corrected chi connectivity index (χ3v) is 4.52. The van der Waals surface area contributed by atoms with Crippen LogP contribution in [0.1, 0.15) is 29.7 Å². The van der Waals surface area contributed by atoms with Crippen LogP contribution in [-0.4, -0.2) is 0 Å². The van der Waals surface area contributed by atoms with Gasteiger partial charge in [0.05, 0.1) is 4.47 Å². The second kappa shape index (κ2) is 5.47. The van der Waals surface area contributed by atoms with Gasteiger partial charge in [-0.3, -0.25) is 0 Å². The van der Waals surface area contributed by atoms with E-state index in [9.17, 15) is 4.39 Å². The van der Waals surface area contributed by atoms with Crippen LogP contribution in [0.5, 0.6) is 5.75 Å². The first-order valence-electron chi connectivity index (χ1n) is 6.21. The molecule has 1 heterocycles. The first-order valence-corrected chi connectivity index (χ1v) is 7.80. The summed E-state index contributed by atoms with van der Waals surface area (Å²) in [6, 6.07) is 10.6. The highest BCUT2D eigenvalue weighted by Crippen LogP contribution is 2.41. The number of hydrogen-bond donors (Lipinski definition) is 1. The highest BCUT2D eigenvalue weighted by Gasteiger charge is 2.27. The maximum Gasteiger partial charge on any atom is 0.137 e. The molecule has 0 spiro atoms.